The van der Waals surface area contributed by atoms with Gasteiger partial charge < -0.3 is 15.7 Å². The Balaban J connectivity index is 1.94. The highest BCUT2D eigenvalue weighted by Crippen LogP contribution is 2.25. The minimum atomic E-state index is -0.718. The molecule has 1 aromatic rings. The number of carbonyl (C=O) groups is 2. The molecule has 0 aromatic heterocycles. The first-order valence-electron chi connectivity index (χ1n) is 6.43. The number of rotatable bonds is 4. The van der Waals surface area contributed by atoms with E-state index in [0.717, 1.165) is 31.6 Å². The van der Waals surface area contributed by atoms with Gasteiger partial charge in [-0.2, -0.15) is 0 Å². The summed E-state index contributed by atoms with van der Waals surface area (Å²) in [5.74, 6) is -0.866. The van der Waals surface area contributed by atoms with E-state index in [1.54, 1.807) is 12.1 Å². The molecule has 0 aliphatic carbocycles. The van der Waals surface area contributed by atoms with E-state index in [2.05, 4.69) is 4.90 Å². The molecule has 1 aliphatic heterocycles. The lowest BCUT2D eigenvalue weighted by atomic mass is 9.93. The number of amides is 1. The second kappa shape index (κ2) is 5.73. The Hall–Kier alpha value is -2.04. The van der Waals surface area contributed by atoms with Crippen molar-refractivity contribution in [3.8, 4) is 0 Å². The van der Waals surface area contributed by atoms with Crippen molar-refractivity contribution in [2.45, 2.75) is 19.3 Å². The standard InChI is InChI=1S/C14H18N2O3/c15-14(19)11-1-3-12(4-2-11)16-7-5-10(6-8-16)9-13(17)18/h1-4,10H,5-9H2,(H2,15,19)(H,17,18). The van der Waals surface area contributed by atoms with Crippen LogP contribution >= 0.6 is 0 Å². The summed E-state index contributed by atoms with van der Waals surface area (Å²) >= 11 is 0. The number of aliphatic carboxylic acids is 1. The third-order valence-electron chi connectivity index (χ3n) is 3.59. The average Bonchev–Trinajstić information content (AvgIpc) is 2.39. The molecule has 0 atom stereocenters. The van der Waals surface area contributed by atoms with E-state index in [4.69, 9.17) is 10.8 Å². The van der Waals surface area contributed by atoms with Crippen LogP contribution in [0.2, 0.25) is 0 Å². The number of nitrogens with zero attached hydrogens (tertiary/aromatic N) is 1. The van der Waals surface area contributed by atoms with Crippen LogP contribution in [0.25, 0.3) is 0 Å². The summed E-state index contributed by atoms with van der Waals surface area (Å²) < 4.78 is 0. The first kappa shape index (κ1) is 13.4. The number of nitrogens with two attached hydrogens (primary N) is 1. The van der Waals surface area contributed by atoms with Gasteiger partial charge in [0.15, 0.2) is 0 Å². The molecule has 0 unspecified atom stereocenters. The van der Waals surface area contributed by atoms with Gasteiger partial charge >= 0.3 is 5.97 Å². The Bertz CT molecular complexity index is 462. The molecule has 1 aromatic carbocycles. The lowest BCUT2D eigenvalue weighted by Crippen LogP contribution is -2.34. The molecule has 3 N–H and O–H groups in total. The molecular weight excluding hydrogens is 244 g/mol. The monoisotopic (exact) mass is 262 g/mol. The van der Waals surface area contributed by atoms with Crippen molar-refractivity contribution in [2.24, 2.45) is 11.7 Å². The molecule has 1 fully saturated rings. The van der Waals surface area contributed by atoms with E-state index in [1.165, 1.54) is 0 Å². The van der Waals surface area contributed by atoms with Gasteiger partial charge in [-0.05, 0) is 43.0 Å². The number of piperidine rings is 1. The smallest absolute Gasteiger partial charge is 0.303 e. The van der Waals surface area contributed by atoms with Gasteiger partial charge in [0.25, 0.3) is 0 Å². The summed E-state index contributed by atoms with van der Waals surface area (Å²) in [7, 11) is 0. The number of carboxylic acid groups (broad SMARTS) is 1. The molecule has 1 saturated heterocycles. The second-order valence-electron chi connectivity index (χ2n) is 4.94. The van der Waals surface area contributed by atoms with E-state index in [0.29, 0.717) is 5.56 Å². The van der Waals surface area contributed by atoms with E-state index < -0.39 is 11.9 Å². The molecule has 0 spiro atoms. The summed E-state index contributed by atoms with van der Waals surface area (Å²) in [6.07, 6.45) is 2.04. The van der Waals surface area contributed by atoms with Crippen LogP contribution in [0, 0.1) is 5.92 Å². The first-order valence-corrected chi connectivity index (χ1v) is 6.43. The zero-order valence-corrected chi connectivity index (χ0v) is 10.7. The molecule has 0 saturated carbocycles. The number of carboxylic acids is 1. The number of benzene rings is 1. The fourth-order valence-corrected chi connectivity index (χ4v) is 2.48. The average molecular weight is 262 g/mol. The van der Waals surface area contributed by atoms with E-state index in [9.17, 15) is 9.59 Å². The fourth-order valence-electron chi connectivity index (χ4n) is 2.48. The Labute approximate surface area is 112 Å². The van der Waals surface area contributed by atoms with Gasteiger partial charge in [0.1, 0.15) is 0 Å². The van der Waals surface area contributed by atoms with Crippen molar-refractivity contribution in [2.75, 3.05) is 18.0 Å². The molecule has 1 heterocycles. The highest BCUT2D eigenvalue weighted by Gasteiger charge is 2.21. The van der Waals surface area contributed by atoms with Crippen LogP contribution in [-0.4, -0.2) is 30.1 Å². The number of anilines is 1. The van der Waals surface area contributed by atoms with Gasteiger partial charge in [-0.3, -0.25) is 9.59 Å². The lowest BCUT2D eigenvalue weighted by molar-refractivity contribution is -0.138. The van der Waals surface area contributed by atoms with Gasteiger partial charge in [-0.15, -0.1) is 0 Å². The summed E-state index contributed by atoms with van der Waals surface area (Å²) in [5, 5.41) is 8.77. The van der Waals surface area contributed by atoms with E-state index >= 15 is 0 Å². The lowest BCUT2D eigenvalue weighted by Gasteiger charge is -2.33. The number of hydrogen-bond donors (Lipinski definition) is 2. The van der Waals surface area contributed by atoms with Crippen LogP contribution in [0.1, 0.15) is 29.6 Å². The van der Waals surface area contributed by atoms with Gasteiger partial charge in [-0.1, -0.05) is 0 Å². The normalized spacial score (nSPS) is 16.3. The van der Waals surface area contributed by atoms with Crippen LogP contribution in [-0.2, 0) is 4.79 Å². The Morgan fingerprint density at radius 1 is 1.21 bits per heavy atom. The quantitative estimate of drug-likeness (QED) is 0.860. The number of primary amides is 1. The number of carbonyl (C=O) groups excluding carboxylic acids is 1. The minimum absolute atomic E-state index is 0.258. The predicted molar refractivity (Wildman–Crippen MR) is 72.1 cm³/mol. The van der Waals surface area contributed by atoms with Gasteiger partial charge in [0.2, 0.25) is 5.91 Å². The fraction of sp³-hybridized carbons (Fsp3) is 0.429. The highest BCUT2D eigenvalue weighted by atomic mass is 16.4. The molecule has 5 nitrogen and oxygen atoms in total. The summed E-state index contributed by atoms with van der Waals surface area (Å²) in [6, 6.07) is 7.22. The van der Waals surface area contributed by atoms with Crippen molar-refractivity contribution >= 4 is 17.6 Å². The van der Waals surface area contributed by atoms with E-state index in [1.807, 2.05) is 12.1 Å². The van der Waals surface area contributed by atoms with Crippen molar-refractivity contribution in [3.05, 3.63) is 29.8 Å². The van der Waals surface area contributed by atoms with Crippen molar-refractivity contribution < 1.29 is 14.7 Å². The SMILES string of the molecule is NC(=O)c1ccc(N2CCC(CC(=O)O)CC2)cc1. The maximum Gasteiger partial charge on any atom is 0.303 e. The van der Waals surface area contributed by atoms with Crippen LogP contribution in [0.3, 0.4) is 0 Å². The maximum absolute atomic E-state index is 11.0. The summed E-state index contributed by atoms with van der Waals surface area (Å²) in [6.45, 7) is 1.71. The van der Waals surface area contributed by atoms with E-state index in [-0.39, 0.29) is 12.3 Å². The first-order chi connectivity index (χ1) is 9.06. The zero-order chi connectivity index (χ0) is 13.8. The van der Waals surface area contributed by atoms with Crippen LogP contribution < -0.4 is 10.6 Å². The molecule has 0 bridgehead atoms. The molecule has 1 aliphatic rings. The van der Waals surface area contributed by atoms with Gasteiger partial charge in [0, 0.05) is 30.8 Å². The molecule has 1 amide bonds. The molecule has 102 valence electrons. The molecular formula is C14H18N2O3. The largest absolute Gasteiger partial charge is 0.481 e. The van der Waals surface area contributed by atoms with Gasteiger partial charge in [-0.25, -0.2) is 0 Å². The molecule has 19 heavy (non-hydrogen) atoms. The van der Waals surface area contributed by atoms with Crippen LogP contribution in [0.15, 0.2) is 24.3 Å². The third kappa shape index (κ3) is 3.47. The second-order valence-corrected chi connectivity index (χ2v) is 4.94. The van der Waals surface area contributed by atoms with Crippen molar-refractivity contribution in [1.82, 2.24) is 0 Å². The Morgan fingerprint density at radius 2 is 1.79 bits per heavy atom. The Morgan fingerprint density at radius 3 is 2.26 bits per heavy atom. The molecule has 0 radical (unpaired) electrons. The molecule has 5 heteroatoms. The van der Waals surface area contributed by atoms with Gasteiger partial charge in [0.05, 0.1) is 0 Å². The molecule has 2 rings (SSSR count). The van der Waals surface area contributed by atoms with Crippen LogP contribution in [0.4, 0.5) is 5.69 Å². The predicted octanol–water partition coefficient (Wildman–Crippen LogP) is 1.48. The summed E-state index contributed by atoms with van der Waals surface area (Å²) in [5.41, 5.74) is 6.76. The topological polar surface area (TPSA) is 83.6 Å². The maximum atomic E-state index is 11.0. The summed E-state index contributed by atoms with van der Waals surface area (Å²) in [4.78, 5) is 23.9. The third-order valence-corrected chi connectivity index (χ3v) is 3.59. The van der Waals surface area contributed by atoms with Crippen LogP contribution in [0.5, 0.6) is 0 Å². The zero-order valence-electron chi connectivity index (χ0n) is 10.7. The number of hydrogen-bond acceptors (Lipinski definition) is 3. The minimum Gasteiger partial charge on any atom is -0.481 e. The van der Waals surface area contributed by atoms with Crippen molar-refractivity contribution in [3.63, 3.8) is 0 Å². The van der Waals surface area contributed by atoms with Crippen molar-refractivity contribution in [1.29, 1.82) is 0 Å². The highest BCUT2D eigenvalue weighted by molar-refractivity contribution is 5.93. The Kier molecular flexibility index (Phi) is 4.04.